The fourth-order valence-corrected chi connectivity index (χ4v) is 3.08. The van der Waals surface area contributed by atoms with E-state index in [4.69, 9.17) is 4.74 Å². The fourth-order valence-electron chi connectivity index (χ4n) is 3.08. The largest absolute Gasteiger partial charge is 0.491 e. The lowest BCUT2D eigenvalue weighted by molar-refractivity contribution is -0.137. The predicted molar refractivity (Wildman–Crippen MR) is 122 cm³/mol. The van der Waals surface area contributed by atoms with E-state index in [1.807, 2.05) is 5.32 Å². The molecule has 0 heterocycles. The lowest BCUT2D eigenvalue weighted by Gasteiger charge is -2.25. The number of hydrogen-bond donors (Lipinski definition) is 4. The number of hydrogen-bond acceptors (Lipinski definition) is 6. The Morgan fingerprint density at radius 2 is 1.78 bits per heavy atom. The van der Waals surface area contributed by atoms with Gasteiger partial charge in [0, 0.05) is 17.7 Å². The van der Waals surface area contributed by atoms with Crippen molar-refractivity contribution < 1.29 is 41.8 Å². The minimum absolute atomic E-state index is 0.179. The molecule has 0 saturated carbocycles. The second kappa shape index (κ2) is 13.0. The third-order valence-corrected chi connectivity index (χ3v) is 5.01. The summed E-state index contributed by atoms with van der Waals surface area (Å²) < 4.78 is 57.4. The molecule has 0 spiro atoms. The Hall–Kier alpha value is -3.51. The number of amides is 2. The summed E-state index contributed by atoms with van der Waals surface area (Å²) >= 11 is 0. The zero-order chi connectivity index (χ0) is 26.9. The van der Waals surface area contributed by atoms with Gasteiger partial charge >= 0.3 is 6.18 Å². The van der Waals surface area contributed by atoms with Gasteiger partial charge in [-0.25, -0.2) is 4.39 Å². The number of alkyl halides is 3. The van der Waals surface area contributed by atoms with Gasteiger partial charge in [-0.05, 0) is 49.7 Å². The Labute approximate surface area is 205 Å². The van der Waals surface area contributed by atoms with Crippen LogP contribution in [-0.4, -0.2) is 60.7 Å². The van der Waals surface area contributed by atoms with Gasteiger partial charge in [0.15, 0.2) is 0 Å². The van der Waals surface area contributed by atoms with Crippen molar-refractivity contribution in [2.75, 3.05) is 13.2 Å². The molecule has 0 aliphatic carbocycles. The van der Waals surface area contributed by atoms with Crippen LogP contribution < -0.4 is 20.7 Å². The lowest BCUT2D eigenvalue weighted by atomic mass is 10.1. The summed E-state index contributed by atoms with van der Waals surface area (Å²) in [6.07, 6.45) is -5.54. The first-order valence-electron chi connectivity index (χ1n) is 10.9. The van der Waals surface area contributed by atoms with E-state index >= 15 is 0 Å². The molecule has 2 aromatic rings. The first-order valence-corrected chi connectivity index (χ1v) is 10.9. The van der Waals surface area contributed by atoms with E-state index in [0.29, 0.717) is 17.4 Å². The smallest absolute Gasteiger partial charge is 0.401 e. The van der Waals surface area contributed by atoms with Gasteiger partial charge in [0.1, 0.15) is 36.5 Å². The topological polar surface area (TPSA) is 117 Å². The van der Waals surface area contributed by atoms with Crippen molar-refractivity contribution in [2.45, 2.75) is 44.8 Å². The summed E-state index contributed by atoms with van der Waals surface area (Å²) in [5.74, 6) is -2.17. The zero-order valence-electron chi connectivity index (χ0n) is 19.6. The molecular formula is C24H27F4N3O5. The highest BCUT2D eigenvalue weighted by atomic mass is 19.4. The van der Waals surface area contributed by atoms with E-state index in [9.17, 15) is 37.1 Å². The Bertz CT molecular complexity index is 1050. The molecule has 0 aromatic heterocycles. The number of benzene rings is 2. The van der Waals surface area contributed by atoms with Gasteiger partial charge in [-0.2, -0.15) is 13.2 Å². The molecule has 0 aliphatic rings. The molecule has 0 fully saturated rings. The van der Waals surface area contributed by atoms with Crippen LogP contribution >= 0.6 is 0 Å². The number of rotatable bonds is 12. The maximum atomic E-state index is 14.1. The molecule has 8 nitrogen and oxygen atoms in total. The molecule has 1 unspecified atom stereocenters. The van der Waals surface area contributed by atoms with E-state index in [1.165, 1.54) is 36.4 Å². The van der Waals surface area contributed by atoms with E-state index in [0.717, 1.165) is 6.92 Å². The van der Waals surface area contributed by atoms with Gasteiger partial charge in [-0.3, -0.25) is 19.7 Å². The Balaban J connectivity index is 2.14. The van der Waals surface area contributed by atoms with Crippen LogP contribution in [-0.2, 0) is 16.1 Å². The summed E-state index contributed by atoms with van der Waals surface area (Å²) in [4.78, 5) is 36.3. The van der Waals surface area contributed by atoms with Crippen LogP contribution in [0.5, 0.6) is 5.75 Å². The molecule has 0 saturated heterocycles. The number of aliphatic hydroxyl groups is 1. The van der Waals surface area contributed by atoms with Gasteiger partial charge in [0.25, 0.3) is 0 Å². The third kappa shape index (κ3) is 9.27. The molecule has 196 valence electrons. The standard InChI is InChI=1S/C24H27F4N3O5/c1-14-3-6-17(19(25)9-14)10-29-22(34)20(12-36-18-7-4-16(11-32)5-8-18)31-23(35)21(15(2)33)30-13-24(26,27)28/h3-9,11,15,20-21,30,33H,10,12-13H2,1-2H3,(H,29,34)(H,31,35)/t15-,20?,21+/m1/s1. The van der Waals surface area contributed by atoms with E-state index in [1.54, 1.807) is 13.0 Å². The van der Waals surface area contributed by atoms with Gasteiger partial charge in [0.05, 0.1) is 12.6 Å². The minimum atomic E-state index is -4.64. The third-order valence-electron chi connectivity index (χ3n) is 5.01. The fraction of sp³-hybridized carbons (Fsp3) is 0.375. The lowest BCUT2D eigenvalue weighted by Crippen LogP contribution is -2.58. The van der Waals surface area contributed by atoms with Crippen molar-refractivity contribution in [1.29, 1.82) is 0 Å². The SMILES string of the molecule is Cc1ccc(CNC(=O)C(COc2ccc(C=O)cc2)NC(=O)[C@@H](NCC(F)(F)F)[C@@H](C)O)c(F)c1. The number of carbonyl (C=O) groups is 3. The molecular weight excluding hydrogens is 486 g/mol. The summed E-state index contributed by atoms with van der Waals surface area (Å²) in [6.45, 7) is 0.603. The highest BCUT2D eigenvalue weighted by Crippen LogP contribution is 2.14. The van der Waals surface area contributed by atoms with Crippen LogP contribution in [0.15, 0.2) is 42.5 Å². The number of nitrogens with one attached hydrogen (secondary N) is 3. The molecule has 0 aliphatic heterocycles. The molecule has 0 bridgehead atoms. The molecule has 2 rings (SSSR count). The Morgan fingerprint density at radius 3 is 2.33 bits per heavy atom. The van der Waals surface area contributed by atoms with Crippen LogP contribution in [0.25, 0.3) is 0 Å². The van der Waals surface area contributed by atoms with Crippen LogP contribution in [0.2, 0.25) is 0 Å². The quantitative estimate of drug-likeness (QED) is 0.255. The zero-order valence-corrected chi connectivity index (χ0v) is 19.6. The normalized spacial score (nSPS) is 13.9. The number of carbonyl (C=O) groups excluding carboxylic acids is 3. The molecule has 4 N–H and O–H groups in total. The molecule has 2 amide bonds. The summed E-state index contributed by atoms with van der Waals surface area (Å²) in [6, 6.07) is 7.14. The van der Waals surface area contributed by atoms with Crippen molar-refractivity contribution in [3.63, 3.8) is 0 Å². The molecule has 3 atom stereocenters. The monoisotopic (exact) mass is 513 g/mol. The van der Waals surface area contributed by atoms with E-state index in [-0.39, 0.29) is 17.9 Å². The molecule has 0 radical (unpaired) electrons. The van der Waals surface area contributed by atoms with E-state index < -0.39 is 55.1 Å². The number of aldehydes is 1. The summed E-state index contributed by atoms with van der Waals surface area (Å²) in [7, 11) is 0. The Kier molecular flexibility index (Phi) is 10.4. The van der Waals surface area contributed by atoms with Crippen molar-refractivity contribution in [1.82, 2.24) is 16.0 Å². The van der Waals surface area contributed by atoms with Gasteiger partial charge in [0.2, 0.25) is 11.8 Å². The highest BCUT2D eigenvalue weighted by molar-refractivity contribution is 5.90. The maximum absolute atomic E-state index is 14.1. The number of aryl methyl sites for hydroxylation is 1. The highest BCUT2D eigenvalue weighted by Gasteiger charge is 2.33. The van der Waals surface area contributed by atoms with Crippen LogP contribution in [0.1, 0.15) is 28.4 Å². The molecule has 2 aromatic carbocycles. The first kappa shape index (κ1) is 28.7. The second-order valence-electron chi connectivity index (χ2n) is 8.09. The van der Waals surface area contributed by atoms with Gasteiger partial charge < -0.3 is 20.5 Å². The summed E-state index contributed by atoms with van der Waals surface area (Å²) in [5, 5.41) is 16.5. The summed E-state index contributed by atoms with van der Waals surface area (Å²) in [5.41, 5.74) is 1.23. The van der Waals surface area contributed by atoms with Gasteiger partial charge in [-0.1, -0.05) is 12.1 Å². The number of aliphatic hydroxyl groups excluding tert-OH is 1. The van der Waals surface area contributed by atoms with Crippen LogP contribution in [0, 0.1) is 12.7 Å². The minimum Gasteiger partial charge on any atom is -0.491 e. The van der Waals surface area contributed by atoms with Crippen LogP contribution in [0.4, 0.5) is 17.6 Å². The van der Waals surface area contributed by atoms with Gasteiger partial charge in [-0.15, -0.1) is 0 Å². The Morgan fingerprint density at radius 1 is 1.11 bits per heavy atom. The van der Waals surface area contributed by atoms with Crippen molar-refractivity contribution in [3.8, 4) is 5.75 Å². The maximum Gasteiger partial charge on any atom is 0.401 e. The second-order valence-corrected chi connectivity index (χ2v) is 8.09. The average Bonchev–Trinajstić information content (AvgIpc) is 2.80. The van der Waals surface area contributed by atoms with Crippen molar-refractivity contribution in [3.05, 3.63) is 65.0 Å². The predicted octanol–water partition coefficient (Wildman–Crippen LogP) is 2.03. The average molecular weight is 513 g/mol. The molecule has 36 heavy (non-hydrogen) atoms. The number of ether oxygens (including phenoxy) is 1. The van der Waals surface area contributed by atoms with E-state index in [2.05, 4.69) is 10.6 Å². The number of halogens is 4. The van der Waals surface area contributed by atoms with Crippen LogP contribution in [0.3, 0.4) is 0 Å². The van der Waals surface area contributed by atoms with Crippen molar-refractivity contribution in [2.24, 2.45) is 0 Å². The first-order chi connectivity index (χ1) is 16.9. The molecule has 12 heteroatoms. The van der Waals surface area contributed by atoms with Crippen molar-refractivity contribution >= 4 is 18.1 Å².